The number of ether oxygens (including phenoxy) is 1. The van der Waals surface area contributed by atoms with E-state index in [4.69, 9.17) is 4.74 Å². The maximum absolute atomic E-state index is 12.7. The Kier molecular flexibility index (Phi) is 4.94. The quantitative estimate of drug-likeness (QED) is 0.770. The number of halogens is 3. The van der Waals surface area contributed by atoms with E-state index in [0.29, 0.717) is 12.4 Å². The molecule has 0 saturated heterocycles. The van der Waals surface area contributed by atoms with E-state index in [1.165, 1.54) is 5.56 Å². The van der Waals surface area contributed by atoms with Crippen LogP contribution in [0, 0.1) is 0 Å². The Balaban J connectivity index is 2.18. The molecule has 0 bridgehead atoms. The highest BCUT2D eigenvalue weighted by Gasteiger charge is 2.30. The first-order valence-corrected chi connectivity index (χ1v) is 7.23. The van der Waals surface area contributed by atoms with Gasteiger partial charge in [0.25, 0.3) is 0 Å². The van der Waals surface area contributed by atoms with Gasteiger partial charge in [-0.1, -0.05) is 48.0 Å². The molecular weight excluding hydrogens is 276 g/mol. The lowest BCUT2D eigenvalue weighted by molar-refractivity contribution is -0.137. The summed E-state index contributed by atoms with van der Waals surface area (Å²) in [5.74, 6) is 0.378. The maximum atomic E-state index is 12.7. The van der Waals surface area contributed by atoms with Gasteiger partial charge in [-0.2, -0.15) is 25.0 Å². The molecule has 0 aromatic heterocycles. The first-order chi connectivity index (χ1) is 10.0. The van der Waals surface area contributed by atoms with E-state index in [9.17, 15) is 13.2 Å². The van der Waals surface area contributed by atoms with E-state index in [2.05, 4.69) is 0 Å². The smallest absolute Gasteiger partial charge is 0.416 e. The van der Waals surface area contributed by atoms with E-state index < -0.39 is 19.0 Å². The first-order valence-electron chi connectivity index (χ1n) is 7.23. The van der Waals surface area contributed by atoms with Gasteiger partial charge in [0.05, 0.1) is 17.9 Å². The van der Waals surface area contributed by atoms with Gasteiger partial charge in [0, 0.05) is 7.28 Å². The van der Waals surface area contributed by atoms with Gasteiger partial charge in [0.2, 0.25) is 0 Å². The standard InChI is InChI=1S/C16H17BF3O/c1-2-21-15-10-13(16(18,19)20)8-9-14(15)17-11-12-6-4-3-5-7-12/h3-10H,2,11,17H2,1H3/q-1. The minimum Gasteiger partial charge on any atom is -0.497 e. The topological polar surface area (TPSA) is 9.23 Å². The molecule has 0 aliphatic heterocycles. The minimum absolute atomic E-state index is 0.367. The third kappa shape index (κ3) is 4.28. The monoisotopic (exact) mass is 293 g/mol. The van der Waals surface area contributed by atoms with E-state index in [1.807, 2.05) is 30.3 Å². The van der Waals surface area contributed by atoms with Crippen molar-refractivity contribution in [3.8, 4) is 5.75 Å². The normalized spacial score (nSPS) is 11.4. The zero-order chi connectivity index (χ0) is 15.3. The molecular formula is C16H17BF3O-. The van der Waals surface area contributed by atoms with Gasteiger partial charge in [0.1, 0.15) is 0 Å². The lowest BCUT2D eigenvalue weighted by Gasteiger charge is -2.17. The zero-order valence-electron chi connectivity index (χ0n) is 12.1. The molecule has 0 unspecified atom stereocenters. The molecule has 2 rings (SSSR count). The van der Waals surface area contributed by atoms with Crippen LogP contribution in [0.2, 0.25) is 0 Å². The molecule has 0 amide bonds. The number of alkyl halides is 3. The predicted molar refractivity (Wildman–Crippen MR) is 80.9 cm³/mol. The van der Waals surface area contributed by atoms with Crippen LogP contribution in [-0.4, -0.2) is 13.9 Å². The fourth-order valence-corrected chi connectivity index (χ4v) is 2.49. The summed E-state index contributed by atoms with van der Waals surface area (Å²) in [4.78, 5) is 0. The largest absolute Gasteiger partial charge is 0.497 e. The van der Waals surface area contributed by atoms with Crippen molar-refractivity contribution in [3.63, 3.8) is 0 Å². The second kappa shape index (κ2) is 6.70. The molecule has 2 aromatic carbocycles. The fourth-order valence-electron chi connectivity index (χ4n) is 2.49. The van der Waals surface area contributed by atoms with E-state index in [0.717, 1.165) is 23.9 Å². The van der Waals surface area contributed by atoms with Crippen LogP contribution < -0.4 is 10.2 Å². The van der Waals surface area contributed by atoms with E-state index in [-0.39, 0.29) is 0 Å². The average Bonchev–Trinajstić information content (AvgIpc) is 2.46. The molecule has 2 aromatic rings. The number of benzene rings is 2. The molecule has 21 heavy (non-hydrogen) atoms. The number of hydrogen-bond donors (Lipinski definition) is 0. The summed E-state index contributed by atoms with van der Waals surface area (Å²) in [6, 6.07) is 13.8. The van der Waals surface area contributed by atoms with Crippen molar-refractivity contribution in [1.29, 1.82) is 0 Å². The highest BCUT2D eigenvalue weighted by molar-refractivity contribution is 6.54. The van der Waals surface area contributed by atoms with Gasteiger partial charge in [0.15, 0.2) is 0 Å². The summed E-state index contributed by atoms with van der Waals surface area (Å²) < 4.78 is 43.6. The lowest BCUT2D eigenvalue weighted by Crippen LogP contribution is -2.21. The van der Waals surface area contributed by atoms with Crippen LogP contribution in [0.4, 0.5) is 13.2 Å². The SMILES string of the molecule is CCOc1cc(C(F)(F)F)ccc1[BH2-]Cc1ccccc1. The Bertz CT molecular complexity index is 582. The molecule has 0 N–H and O–H groups in total. The van der Waals surface area contributed by atoms with Gasteiger partial charge in [-0.05, 0) is 13.0 Å². The highest BCUT2D eigenvalue weighted by atomic mass is 19.4. The molecule has 0 radical (unpaired) electrons. The Labute approximate surface area is 123 Å². The van der Waals surface area contributed by atoms with Crippen molar-refractivity contribution in [2.24, 2.45) is 0 Å². The van der Waals surface area contributed by atoms with Crippen LogP contribution in [0.3, 0.4) is 0 Å². The second-order valence-corrected chi connectivity index (χ2v) is 5.10. The van der Waals surface area contributed by atoms with Gasteiger partial charge in [-0.25, -0.2) is 0 Å². The van der Waals surface area contributed by atoms with Crippen molar-refractivity contribution in [2.45, 2.75) is 19.4 Å². The van der Waals surface area contributed by atoms with Crippen molar-refractivity contribution in [3.05, 3.63) is 59.7 Å². The molecule has 112 valence electrons. The summed E-state index contributed by atoms with van der Waals surface area (Å²) in [6.45, 7) is 2.15. The van der Waals surface area contributed by atoms with E-state index >= 15 is 0 Å². The van der Waals surface area contributed by atoms with Crippen LogP contribution in [0.15, 0.2) is 48.5 Å². The lowest BCUT2D eigenvalue weighted by atomic mass is 9.65. The van der Waals surface area contributed by atoms with Crippen molar-refractivity contribution < 1.29 is 17.9 Å². The van der Waals surface area contributed by atoms with Gasteiger partial charge < -0.3 is 4.74 Å². The van der Waals surface area contributed by atoms with Crippen molar-refractivity contribution in [1.82, 2.24) is 0 Å². The average molecular weight is 293 g/mol. The summed E-state index contributed by atoms with van der Waals surface area (Å²) in [5.41, 5.74) is 1.48. The molecule has 0 heterocycles. The van der Waals surface area contributed by atoms with Crippen molar-refractivity contribution in [2.75, 3.05) is 6.61 Å². The number of rotatable bonds is 5. The Morgan fingerprint density at radius 3 is 2.38 bits per heavy atom. The van der Waals surface area contributed by atoms with Gasteiger partial charge >= 0.3 is 6.18 Å². The molecule has 0 fully saturated rings. The van der Waals surface area contributed by atoms with Crippen LogP contribution in [-0.2, 0) is 12.5 Å². The summed E-state index contributed by atoms with van der Waals surface area (Å²) in [5, 5.41) is 0. The third-order valence-electron chi connectivity index (χ3n) is 3.62. The van der Waals surface area contributed by atoms with Crippen LogP contribution in [0.25, 0.3) is 0 Å². The predicted octanol–water partition coefficient (Wildman–Crippen LogP) is 3.10. The third-order valence-corrected chi connectivity index (χ3v) is 3.62. The Hall–Kier alpha value is -1.91. The second-order valence-electron chi connectivity index (χ2n) is 5.10. The molecule has 5 heteroatoms. The van der Waals surface area contributed by atoms with Crippen LogP contribution in [0.5, 0.6) is 5.75 Å². The summed E-state index contributed by atoms with van der Waals surface area (Å²) in [7, 11) is -0.575. The summed E-state index contributed by atoms with van der Waals surface area (Å²) >= 11 is 0. The molecule has 0 spiro atoms. The molecule has 0 aliphatic rings. The van der Waals surface area contributed by atoms with Crippen LogP contribution in [0.1, 0.15) is 18.1 Å². The molecule has 0 saturated carbocycles. The molecule has 0 atom stereocenters. The van der Waals surface area contributed by atoms with Crippen LogP contribution >= 0.6 is 0 Å². The fraction of sp³-hybridized carbons (Fsp3) is 0.250. The first kappa shape index (κ1) is 15.5. The molecule has 0 aliphatic carbocycles. The summed E-state index contributed by atoms with van der Waals surface area (Å²) in [6.07, 6.45) is -3.43. The van der Waals surface area contributed by atoms with E-state index in [1.54, 1.807) is 13.0 Å². The van der Waals surface area contributed by atoms with Crippen molar-refractivity contribution >= 4 is 12.7 Å². The Morgan fingerprint density at radius 2 is 1.76 bits per heavy atom. The Morgan fingerprint density at radius 1 is 1.05 bits per heavy atom. The maximum Gasteiger partial charge on any atom is 0.416 e. The molecule has 1 nitrogen and oxygen atoms in total. The van der Waals surface area contributed by atoms with Gasteiger partial charge in [-0.15, -0.1) is 0 Å². The van der Waals surface area contributed by atoms with Gasteiger partial charge in [-0.3, -0.25) is 0 Å². The minimum atomic E-state index is -4.33. The number of hydrogen-bond acceptors (Lipinski definition) is 1. The highest BCUT2D eigenvalue weighted by Crippen LogP contribution is 2.30. The zero-order valence-corrected chi connectivity index (χ0v) is 12.1.